The highest BCUT2D eigenvalue weighted by Gasteiger charge is 2.21. The van der Waals surface area contributed by atoms with Gasteiger partial charge >= 0.3 is 0 Å². The molecule has 0 spiro atoms. The molecule has 0 saturated carbocycles. The quantitative estimate of drug-likeness (QED) is 0.938. The maximum absolute atomic E-state index is 12.2. The number of carbonyl (C=O) groups excluding carboxylic acids is 1. The van der Waals surface area contributed by atoms with E-state index in [0.29, 0.717) is 19.8 Å². The third kappa shape index (κ3) is 2.93. The van der Waals surface area contributed by atoms with Crippen LogP contribution in [0.5, 0.6) is 0 Å². The molecule has 2 heterocycles. The van der Waals surface area contributed by atoms with E-state index < -0.39 is 0 Å². The summed E-state index contributed by atoms with van der Waals surface area (Å²) in [4.78, 5) is 12.2. The number of aryl methyl sites for hydroxylation is 2. The van der Waals surface area contributed by atoms with Crippen LogP contribution in [0.4, 0.5) is 0 Å². The Kier molecular flexibility index (Phi) is 3.92. The minimum Gasteiger partial charge on any atom is -0.381 e. The van der Waals surface area contributed by atoms with Crippen LogP contribution in [-0.2, 0) is 23.1 Å². The van der Waals surface area contributed by atoms with Crippen molar-refractivity contribution in [1.29, 1.82) is 0 Å². The molecule has 2 aromatic rings. The Balaban J connectivity index is 1.73. The van der Waals surface area contributed by atoms with Crippen LogP contribution in [0, 0.1) is 12.8 Å². The Hall–Kier alpha value is -1.88. The molecule has 0 atom stereocenters. The predicted octanol–water partition coefficient (Wildman–Crippen LogP) is 1.92. The van der Waals surface area contributed by atoms with Gasteiger partial charge < -0.3 is 10.1 Å². The van der Waals surface area contributed by atoms with Crippen molar-refractivity contribution < 1.29 is 9.53 Å². The van der Waals surface area contributed by atoms with Crippen LogP contribution >= 0.6 is 0 Å². The maximum atomic E-state index is 12.2. The van der Waals surface area contributed by atoms with Crippen molar-refractivity contribution in [3.8, 4) is 0 Å². The van der Waals surface area contributed by atoms with E-state index in [4.69, 9.17) is 4.74 Å². The Morgan fingerprint density at radius 1 is 1.43 bits per heavy atom. The third-order valence-electron chi connectivity index (χ3n) is 4.10. The number of rotatable bonds is 3. The number of hydrogen-bond donors (Lipinski definition) is 1. The van der Waals surface area contributed by atoms with E-state index in [9.17, 15) is 4.79 Å². The molecule has 5 heteroatoms. The van der Waals surface area contributed by atoms with Gasteiger partial charge in [0.1, 0.15) is 0 Å². The fourth-order valence-corrected chi connectivity index (χ4v) is 2.86. The number of carbonyl (C=O) groups is 1. The molecular weight excluding hydrogens is 266 g/mol. The number of nitrogens with zero attached hydrogens (tertiary/aromatic N) is 2. The van der Waals surface area contributed by atoms with Crippen molar-refractivity contribution in [2.24, 2.45) is 13.0 Å². The lowest BCUT2D eigenvalue weighted by atomic mass is 9.99. The zero-order chi connectivity index (χ0) is 14.8. The van der Waals surface area contributed by atoms with E-state index in [-0.39, 0.29) is 11.8 Å². The first-order valence-corrected chi connectivity index (χ1v) is 7.43. The average Bonchev–Trinajstić information content (AvgIpc) is 2.81. The molecule has 1 aliphatic rings. The lowest BCUT2D eigenvalue weighted by Crippen LogP contribution is -2.34. The summed E-state index contributed by atoms with van der Waals surface area (Å²) in [5.41, 5.74) is 3.22. The predicted molar refractivity (Wildman–Crippen MR) is 80.8 cm³/mol. The second-order valence-corrected chi connectivity index (χ2v) is 5.70. The van der Waals surface area contributed by atoms with Gasteiger partial charge in [-0.3, -0.25) is 9.48 Å². The minimum atomic E-state index is 0.0791. The Bertz CT molecular complexity index is 657. The van der Waals surface area contributed by atoms with Crippen molar-refractivity contribution in [3.05, 3.63) is 29.5 Å². The van der Waals surface area contributed by atoms with Crippen LogP contribution in [0.3, 0.4) is 0 Å². The zero-order valence-electron chi connectivity index (χ0n) is 12.6. The lowest BCUT2D eigenvalue weighted by molar-refractivity contribution is -0.128. The van der Waals surface area contributed by atoms with Crippen molar-refractivity contribution >= 4 is 16.8 Å². The standard InChI is InChI=1S/C16H21N3O2/c1-11-3-4-15-13(9-11)14(18-19(15)2)10-17-16(20)12-5-7-21-8-6-12/h3-4,9,12H,5-8,10H2,1-2H3,(H,17,20). The smallest absolute Gasteiger partial charge is 0.223 e. The van der Waals surface area contributed by atoms with Crippen LogP contribution in [0.25, 0.3) is 10.9 Å². The van der Waals surface area contributed by atoms with Gasteiger partial charge in [-0.1, -0.05) is 11.6 Å². The molecule has 1 saturated heterocycles. The van der Waals surface area contributed by atoms with Gasteiger partial charge in [0.2, 0.25) is 5.91 Å². The fourth-order valence-electron chi connectivity index (χ4n) is 2.86. The first kappa shape index (κ1) is 14.1. The van der Waals surface area contributed by atoms with Gasteiger partial charge in [-0.25, -0.2) is 0 Å². The summed E-state index contributed by atoms with van der Waals surface area (Å²) in [6.07, 6.45) is 1.63. The topological polar surface area (TPSA) is 56.1 Å². The van der Waals surface area contributed by atoms with Crippen molar-refractivity contribution in [1.82, 2.24) is 15.1 Å². The molecule has 1 amide bonds. The number of ether oxygens (including phenoxy) is 1. The summed E-state index contributed by atoms with van der Waals surface area (Å²) < 4.78 is 7.16. The molecule has 0 radical (unpaired) electrons. The van der Waals surface area contributed by atoms with E-state index in [1.165, 1.54) is 5.56 Å². The van der Waals surface area contributed by atoms with Crippen molar-refractivity contribution in [2.45, 2.75) is 26.3 Å². The average molecular weight is 287 g/mol. The number of benzene rings is 1. The van der Waals surface area contributed by atoms with E-state index in [0.717, 1.165) is 29.4 Å². The van der Waals surface area contributed by atoms with Crippen LogP contribution in [-0.4, -0.2) is 28.9 Å². The Labute approximate surface area is 124 Å². The van der Waals surface area contributed by atoms with Crippen LogP contribution in [0.1, 0.15) is 24.1 Å². The monoisotopic (exact) mass is 287 g/mol. The maximum Gasteiger partial charge on any atom is 0.223 e. The Morgan fingerprint density at radius 3 is 2.95 bits per heavy atom. The van der Waals surface area contributed by atoms with E-state index in [2.05, 4.69) is 35.5 Å². The number of hydrogen-bond acceptors (Lipinski definition) is 3. The van der Waals surface area contributed by atoms with Crippen LogP contribution in [0.2, 0.25) is 0 Å². The summed E-state index contributed by atoms with van der Waals surface area (Å²) in [5.74, 6) is 0.195. The van der Waals surface area contributed by atoms with E-state index >= 15 is 0 Å². The third-order valence-corrected chi connectivity index (χ3v) is 4.10. The molecule has 112 valence electrons. The van der Waals surface area contributed by atoms with Gasteiger partial charge in [0.05, 0.1) is 17.8 Å². The van der Waals surface area contributed by atoms with Gasteiger partial charge in [-0.2, -0.15) is 5.10 Å². The molecule has 21 heavy (non-hydrogen) atoms. The second-order valence-electron chi connectivity index (χ2n) is 5.70. The highest BCUT2D eigenvalue weighted by atomic mass is 16.5. The number of aromatic nitrogens is 2. The zero-order valence-corrected chi connectivity index (χ0v) is 12.6. The highest BCUT2D eigenvalue weighted by Crippen LogP contribution is 2.20. The van der Waals surface area contributed by atoms with Crippen molar-refractivity contribution in [2.75, 3.05) is 13.2 Å². The molecule has 3 rings (SSSR count). The van der Waals surface area contributed by atoms with Gasteiger partial charge in [-0.05, 0) is 31.9 Å². The molecular formula is C16H21N3O2. The summed E-state index contributed by atoms with van der Waals surface area (Å²) in [7, 11) is 1.93. The van der Waals surface area contributed by atoms with Gasteiger partial charge in [0, 0.05) is 31.6 Å². The van der Waals surface area contributed by atoms with E-state index in [1.54, 1.807) is 0 Å². The van der Waals surface area contributed by atoms with Crippen LogP contribution in [0.15, 0.2) is 18.2 Å². The first-order chi connectivity index (χ1) is 10.1. The number of nitrogens with one attached hydrogen (secondary N) is 1. The molecule has 0 aliphatic carbocycles. The molecule has 1 aliphatic heterocycles. The first-order valence-electron chi connectivity index (χ1n) is 7.43. The fraction of sp³-hybridized carbons (Fsp3) is 0.500. The minimum absolute atomic E-state index is 0.0791. The van der Waals surface area contributed by atoms with Gasteiger partial charge in [-0.15, -0.1) is 0 Å². The Morgan fingerprint density at radius 2 is 2.19 bits per heavy atom. The number of fused-ring (bicyclic) bond motifs is 1. The normalized spacial score (nSPS) is 16.3. The van der Waals surface area contributed by atoms with Crippen molar-refractivity contribution in [3.63, 3.8) is 0 Å². The lowest BCUT2D eigenvalue weighted by Gasteiger charge is -2.20. The second kappa shape index (κ2) is 5.85. The van der Waals surface area contributed by atoms with E-state index in [1.807, 2.05) is 11.7 Å². The summed E-state index contributed by atoms with van der Waals surface area (Å²) in [5, 5.41) is 8.66. The molecule has 1 fully saturated rings. The molecule has 1 N–H and O–H groups in total. The molecule has 1 aromatic heterocycles. The summed E-state index contributed by atoms with van der Waals surface area (Å²) >= 11 is 0. The number of amides is 1. The van der Waals surface area contributed by atoms with Gasteiger partial charge in [0.25, 0.3) is 0 Å². The van der Waals surface area contributed by atoms with Gasteiger partial charge in [0.15, 0.2) is 0 Å². The van der Waals surface area contributed by atoms with Crippen LogP contribution < -0.4 is 5.32 Å². The molecule has 0 bridgehead atoms. The molecule has 0 unspecified atom stereocenters. The SMILES string of the molecule is Cc1ccc2c(c1)c(CNC(=O)C1CCOCC1)nn2C. The summed E-state index contributed by atoms with van der Waals surface area (Å²) in [6.45, 7) is 3.92. The highest BCUT2D eigenvalue weighted by molar-refractivity contribution is 5.84. The molecule has 5 nitrogen and oxygen atoms in total. The summed E-state index contributed by atoms with van der Waals surface area (Å²) in [6, 6.07) is 6.27. The largest absolute Gasteiger partial charge is 0.381 e. The molecule has 1 aromatic carbocycles.